The average molecular weight is 414 g/mol. The van der Waals surface area contributed by atoms with Crippen molar-refractivity contribution in [3.05, 3.63) is 52.9 Å². The number of carbonyl (C=O) groups is 2. The van der Waals surface area contributed by atoms with Crippen LogP contribution in [-0.2, 0) is 6.54 Å². The number of nitrogens with zero attached hydrogens (tertiary/aromatic N) is 5. The molecule has 1 aromatic carbocycles. The molecule has 0 radical (unpaired) electrons. The standard InChI is InChI=1S/C19H19FN6O2S/c1-10-15-14(17(27)21-3)23-16(18-22-11(2)24-29-18)26(15)9-8-25(10)19(28)12-4-6-13(20)7-5-12/h4-7,10H,8-9H2,1-3H3,(H,21,27). The minimum atomic E-state index is -0.399. The van der Waals surface area contributed by atoms with Crippen molar-refractivity contribution in [1.29, 1.82) is 0 Å². The molecule has 1 aliphatic rings. The lowest BCUT2D eigenvalue weighted by molar-refractivity contribution is 0.0640. The summed E-state index contributed by atoms with van der Waals surface area (Å²) in [6.45, 7) is 4.55. The lowest BCUT2D eigenvalue weighted by atomic mass is 10.1. The maximum Gasteiger partial charge on any atom is 0.271 e. The maximum absolute atomic E-state index is 13.2. The van der Waals surface area contributed by atoms with Crippen molar-refractivity contribution in [1.82, 2.24) is 29.1 Å². The third kappa shape index (κ3) is 3.29. The van der Waals surface area contributed by atoms with E-state index in [0.29, 0.717) is 41.0 Å². The molecular weight excluding hydrogens is 395 g/mol. The Hall–Kier alpha value is -3.14. The molecule has 4 rings (SSSR count). The summed E-state index contributed by atoms with van der Waals surface area (Å²) in [7, 11) is 1.54. The Bertz CT molecular complexity index is 1090. The van der Waals surface area contributed by atoms with E-state index in [9.17, 15) is 14.0 Å². The number of amides is 2. The molecule has 1 unspecified atom stereocenters. The Morgan fingerprint density at radius 2 is 1.93 bits per heavy atom. The predicted molar refractivity (Wildman–Crippen MR) is 105 cm³/mol. The second kappa shape index (κ2) is 7.36. The summed E-state index contributed by atoms with van der Waals surface area (Å²) in [5.41, 5.74) is 1.31. The molecule has 2 aromatic heterocycles. The van der Waals surface area contributed by atoms with E-state index in [1.54, 1.807) is 11.8 Å². The topological polar surface area (TPSA) is 93.0 Å². The van der Waals surface area contributed by atoms with Gasteiger partial charge in [0.05, 0.1) is 11.7 Å². The number of rotatable bonds is 3. The van der Waals surface area contributed by atoms with Crippen LogP contribution < -0.4 is 5.32 Å². The van der Waals surface area contributed by atoms with Crippen LogP contribution in [0.5, 0.6) is 0 Å². The van der Waals surface area contributed by atoms with Crippen LogP contribution in [0.3, 0.4) is 0 Å². The molecule has 2 amide bonds. The molecule has 10 heteroatoms. The average Bonchev–Trinajstić information content (AvgIpc) is 3.32. The number of aryl methyl sites for hydroxylation is 1. The molecule has 0 saturated heterocycles. The van der Waals surface area contributed by atoms with Gasteiger partial charge in [-0.1, -0.05) is 0 Å². The Morgan fingerprint density at radius 1 is 1.21 bits per heavy atom. The zero-order chi connectivity index (χ0) is 20.7. The molecule has 1 N–H and O–H groups in total. The zero-order valence-electron chi connectivity index (χ0n) is 16.1. The van der Waals surface area contributed by atoms with Gasteiger partial charge >= 0.3 is 0 Å². The second-order valence-electron chi connectivity index (χ2n) is 6.73. The van der Waals surface area contributed by atoms with Gasteiger partial charge in [-0.05, 0) is 49.6 Å². The van der Waals surface area contributed by atoms with E-state index in [4.69, 9.17) is 0 Å². The normalized spacial score (nSPS) is 15.9. The largest absolute Gasteiger partial charge is 0.354 e. The van der Waals surface area contributed by atoms with Crippen molar-refractivity contribution >= 4 is 23.3 Å². The lowest BCUT2D eigenvalue weighted by Gasteiger charge is -2.35. The van der Waals surface area contributed by atoms with Crippen LogP contribution in [0.1, 0.15) is 45.3 Å². The van der Waals surface area contributed by atoms with E-state index in [2.05, 4.69) is 19.7 Å². The molecule has 3 aromatic rings. The maximum atomic E-state index is 13.2. The SMILES string of the molecule is CNC(=O)c1nc(-c2nc(C)ns2)n2c1C(C)N(C(=O)c1ccc(F)cc1)CC2. The smallest absolute Gasteiger partial charge is 0.271 e. The summed E-state index contributed by atoms with van der Waals surface area (Å²) >= 11 is 1.22. The number of nitrogens with one attached hydrogen (secondary N) is 1. The van der Waals surface area contributed by atoms with Crippen LogP contribution in [0.4, 0.5) is 4.39 Å². The van der Waals surface area contributed by atoms with Gasteiger partial charge in [-0.3, -0.25) is 9.59 Å². The first-order valence-electron chi connectivity index (χ1n) is 9.10. The molecule has 0 saturated carbocycles. The first-order chi connectivity index (χ1) is 13.9. The summed E-state index contributed by atoms with van der Waals surface area (Å²) in [4.78, 5) is 36.1. The van der Waals surface area contributed by atoms with Gasteiger partial charge in [-0.25, -0.2) is 14.4 Å². The van der Waals surface area contributed by atoms with Gasteiger partial charge in [0.15, 0.2) is 16.5 Å². The Morgan fingerprint density at radius 3 is 2.55 bits per heavy atom. The summed E-state index contributed by atoms with van der Waals surface area (Å²) in [6, 6.07) is 5.05. The number of fused-ring (bicyclic) bond motifs is 1. The number of carbonyl (C=O) groups excluding carboxylic acids is 2. The molecule has 29 heavy (non-hydrogen) atoms. The summed E-state index contributed by atoms with van der Waals surface area (Å²) in [5.74, 6) is 0.265. The van der Waals surface area contributed by atoms with E-state index in [0.717, 1.165) is 0 Å². The van der Waals surface area contributed by atoms with Crippen LogP contribution in [0.15, 0.2) is 24.3 Å². The minimum absolute atomic E-state index is 0.221. The highest BCUT2D eigenvalue weighted by Crippen LogP contribution is 2.34. The fourth-order valence-electron chi connectivity index (χ4n) is 3.54. The summed E-state index contributed by atoms with van der Waals surface area (Å²) in [5, 5.41) is 3.24. The molecule has 1 aliphatic heterocycles. The van der Waals surface area contributed by atoms with Gasteiger partial charge in [0.2, 0.25) is 0 Å². The molecule has 0 aliphatic carbocycles. The zero-order valence-corrected chi connectivity index (χ0v) is 17.0. The number of imidazole rings is 1. The quantitative estimate of drug-likeness (QED) is 0.711. The highest BCUT2D eigenvalue weighted by molar-refractivity contribution is 7.09. The predicted octanol–water partition coefficient (Wildman–Crippen LogP) is 2.43. The first-order valence-corrected chi connectivity index (χ1v) is 9.87. The molecule has 0 fully saturated rings. The fraction of sp³-hybridized carbons (Fsp3) is 0.316. The summed E-state index contributed by atoms with van der Waals surface area (Å²) < 4.78 is 19.4. The Balaban J connectivity index is 1.77. The van der Waals surface area contributed by atoms with Gasteiger partial charge in [-0.15, -0.1) is 0 Å². The molecule has 3 heterocycles. The van der Waals surface area contributed by atoms with Gasteiger partial charge in [0.1, 0.15) is 11.6 Å². The fourth-order valence-corrected chi connectivity index (χ4v) is 4.21. The van der Waals surface area contributed by atoms with Crippen molar-refractivity contribution in [2.24, 2.45) is 0 Å². The van der Waals surface area contributed by atoms with Crippen LogP contribution >= 0.6 is 11.5 Å². The third-order valence-electron chi connectivity index (χ3n) is 4.95. The van der Waals surface area contributed by atoms with Gasteiger partial charge in [0.25, 0.3) is 11.8 Å². The number of benzene rings is 1. The Kier molecular flexibility index (Phi) is 4.87. The van der Waals surface area contributed by atoms with Gasteiger partial charge in [-0.2, -0.15) is 4.37 Å². The van der Waals surface area contributed by atoms with E-state index in [-0.39, 0.29) is 17.5 Å². The molecular formula is C19H19FN6O2S. The Labute approximate surface area is 170 Å². The third-order valence-corrected chi connectivity index (χ3v) is 5.75. The lowest BCUT2D eigenvalue weighted by Crippen LogP contribution is -2.42. The van der Waals surface area contributed by atoms with E-state index < -0.39 is 11.9 Å². The van der Waals surface area contributed by atoms with Crippen LogP contribution in [0.25, 0.3) is 10.8 Å². The van der Waals surface area contributed by atoms with Crippen LogP contribution in [0, 0.1) is 12.7 Å². The van der Waals surface area contributed by atoms with E-state index >= 15 is 0 Å². The first kappa shape index (κ1) is 19.2. The molecule has 0 spiro atoms. The van der Waals surface area contributed by atoms with Crippen molar-refractivity contribution in [3.8, 4) is 10.8 Å². The minimum Gasteiger partial charge on any atom is -0.354 e. The van der Waals surface area contributed by atoms with E-state index in [1.165, 1.54) is 42.8 Å². The number of halogens is 1. The monoisotopic (exact) mass is 414 g/mol. The van der Waals surface area contributed by atoms with Crippen molar-refractivity contribution in [2.45, 2.75) is 26.4 Å². The highest BCUT2D eigenvalue weighted by atomic mass is 32.1. The number of hydrogen-bond acceptors (Lipinski definition) is 6. The second-order valence-corrected chi connectivity index (χ2v) is 7.48. The van der Waals surface area contributed by atoms with Crippen LogP contribution in [0.2, 0.25) is 0 Å². The van der Waals surface area contributed by atoms with Crippen molar-refractivity contribution < 1.29 is 14.0 Å². The van der Waals surface area contributed by atoms with Crippen molar-refractivity contribution in [2.75, 3.05) is 13.6 Å². The van der Waals surface area contributed by atoms with E-state index in [1.807, 2.05) is 11.5 Å². The van der Waals surface area contributed by atoms with Crippen LogP contribution in [-0.4, -0.2) is 49.2 Å². The summed E-state index contributed by atoms with van der Waals surface area (Å²) in [6.07, 6.45) is 0. The molecule has 8 nitrogen and oxygen atoms in total. The molecule has 1 atom stereocenters. The highest BCUT2D eigenvalue weighted by Gasteiger charge is 2.36. The van der Waals surface area contributed by atoms with Gasteiger partial charge in [0, 0.05) is 25.7 Å². The van der Waals surface area contributed by atoms with Crippen molar-refractivity contribution in [3.63, 3.8) is 0 Å². The molecule has 150 valence electrons. The van der Waals surface area contributed by atoms with Gasteiger partial charge < -0.3 is 14.8 Å². The molecule has 0 bridgehead atoms. The number of hydrogen-bond donors (Lipinski definition) is 1. The number of aromatic nitrogens is 4.